The summed E-state index contributed by atoms with van der Waals surface area (Å²) < 4.78 is 5.64. The van der Waals surface area contributed by atoms with E-state index < -0.39 is 0 Å². The molecule has 1 aromatic rings. The van der Waals surface area contributed by atoms with E-state index in [4.69, 9.17) is 15.7 Å². The van der Waals surface area contributed by atoms with Crippen molar-refractivity contribution < 1.29 is 9.53 Å². The molecule has 0 saturated heterocycles. The quantitative estimate of drug-likeness (QED) is 0.861. The van der Waals surface area contributed by atoms with Crippen LogP contribution in [-0.4, -0.2) is 12.6 Å². The van der Waals surface area contributed by atoms with E-state index in [0.717, 1.165) is 4.47 Å². The lowest BCUT2D eigenvalue weighted by atomic mass is 10.00. The van der Waals surface area contributed by atoms with Gasteiger partial charge < -0.3 is 10.5 Å². The van der Waals surface area contributed by atoms with E-state index in [9.17, 15) is 4.79 Å². The monoisotopic (exact) mass is 296 g/mol. The molecule has 0 bridgehead atoms. The Kier molecular flexibility index (Phi) is 5.13. The van der Waals surface area contributed by atoms with Crippen molar-refractivity contribution in [1.29, 1.82) is 5.26 Å². The third-order valence-corrected chi connectivity index (χ3v) is 3.04. The van der Waals surface area contributed by atoms with Crippen molar-refractivity contribution in [2.75, 3.05) is 6.61 Å². The summed E-state index contributed by atoms with van der Waals surface area (Å²) in [5.41, 5.74) is 7.41. The topological polar surface area (TPSA) is 76.1 Å². The Labute approximate surface area is 108 Å². The number of benzene rings is 1. The van der Waals surface area contributed by atoms with Crippen LogP contribution >= 0.6 is 15.9 Å². The van der Waals surface area contributed by atoms with Crippen molar-refractivity contribution in [2.45, 2.75) is 19.9 Å². The van der Waals surface area contributed by atoms with Gasteiger partial charge in [0.2, 0.25) is 0 Å². The molecule has 0 heterocycles. The molecule has 5 heteroatoms. The highest BCUT2D eigenvalue weighted by Crippen LogP contribution is 2.23. The molecule has 0 aliphatic rings. The number of halogens is 1. The van der Waals surface area contributed by atoms with Crippen molar-refractivity contribution in [3.8, 4) is 6.07 Å². The zero-order valence-electron chi connectivity index (χ0n) is 9.50. The zero-order chi connectivity index (χ0) is 12.8. The van der Waals surface area contributed by atoms with Crippen LogP contribution in [0.4, 0.5) is 0 Å². The second-order valence-electron chi connectivity index (χ2n) is 3.36. The number of rotatable bonds is 4. The minimum Gasteiger partial charge on any atom is -0.466 e. The molecule has 0 aromatic heterocycles. The van der Waals surface area contributed by atoms with Crippen molar-refractivity contribution in [2.24, 2.45) is 5.73 Å². The molecule has 0 unspecified atom stereocenters. The van der Waals surface area contributed by atoms with Gasteiger partial charge in [0.05, 0.1) is 24.7 Å². The standard InChI is InChI=1S/C12H13BrN2O2/c1-2-17-12(16)5-8-3-4-11(13)10(7-15)9(8)6-14/h3-4H,2,5,7,15H2,1H3. The molecule has 1 aromatic carbocycles. The molecule has 1 rings (SSSR count). The van der Waals surface area contributed by atoms with Crippen LogP contribution < -0.4 is 5.73 Å². The lowest BCUT2D eigenvalue weighted by Crippen LogP contribution is -2.11. The predicted molar refractivity (Wildman–Crippen MR) is 67.1 cm³/mol. The van der Waals surface area contributed by atoms with E-state index in [1.165, 1.54) is 0 Å². The second-order valence-corrected chi connectivity index (χ2v) is 4.21. The first-order chi connectivity index (χ1) is 8.13. The fourth-order valence-corrected chi connectivity index (χ4v) is 2.02. The summed E-state index contributed by atoms with van der Waals surface area (Å²) in [5.74, 6) is -0.339. The van der Waals surface area contributed by atoms with Gasteiger partial charge in [-0.25, -0.2) is 0 Å². The lowest BCUT2D eigenvalue weighted by molar-refractivity contribution is -0.142. The van der Waals surface area contributed by atoms with Gasteiger partial charge >= 0.3 is 5.97 Å². The molecule has 90 valence electrons. The lowest BCUT2D eigenvalue weighted by Gasteiger charge is -2.09. The first-order valence-electron chi connectivity index (χ1n) is 5.20. The van der Waals surface area contributed by atoms with Crippen LogP contribution in [0.3, 0.4) is 0 Å². The molecule has 0 spiro atoms. The number of nitrogens with zero attached hydrogens (tertiary/aromatic N) is 1. The Morgan fingerprint density at radius 3 is 2.82 bits per heavy atom. The predicted octanol–water partition coefficient (Wildman–Crippen LogP) is 1.89. The summed E-state index contributed by atoms with van der Waals surface area (Å²) in [6.45, 7) is 2.33. The van der Waals surface area contributed by atoms with Gasteiger partial charge in [0.25, 0.3) is 0 Å². The molecular weight excluding hydrogens is 284 g/mol. The molecule has 4 nitrogen and oxygen atoms in total. The number of carbonyl (C=O) groups excluding carboxylic acids is 1. The van der Waals surface area contributed by atoms with E-state index in [2.05, 4.69) is 22.0 Å². The van der Waals surface area contributed by atoms with Gasteiger partial charge in [0.15, 0.2) is 0 Å². The van der Waals surface area contributed by atoms with Crippen LogP contribution in [0, 0.1) is 11.3 Å². The van der Waals surface area contributed by atoms with Crippen LogP contribution in [0.25, 0.3) is 0 Å². The Balaban J connectivity index is 3.09. The summed E-state index contributed by atoms with van der Waals surface area (Å²) in [6, 6.07) is 5.61. The van der Waals surface area contributed by atoms with Crippen LogP contribution in [0.2, 0.25) is 0 Å². The molecule has 17 heavy (non-hydrogen) atoms. The highest BCUT2D eigenvalue weighted by Gasteiger charge is 2.14. The number of esters is 1. The van der Waals surface area contributed by atoms with E-state index in [1.54, 1.807) is 19.1 Å². The Bertz CT molecular complexity index is 466. The second kappa shape index (κ2) is 6.38. The Hall–Kier alpha value is -1.38. The fourth-order valence-electron chi connectivity index (χ4n) is 1.52. The van der Waals surface area contributed by atoms with Crippen molar-refractivity contribution in [3.63, 3.8) is 0 Å². The van der Waals surface area contributed by atoms with Crippen molar-refractivity contribution >= 4 is 21.9 Å². The smallest absolute Gasteiger partial charge is 0.310 e. The van der Waals surface area contributed by atoms with Gasteiger partial charge in [-0.3, -0.25) is 4.79 Å². The number of hydrogen-bond donors (Lipinski definition) is 1. The SMILES string of the molecule is CCOC(=O)Cc1ccc(Br)c(CN)c1C#N. The highest BCUT2D eigenvalue weighted by atomic mass is 79.9. The van der Waals surface area contributed by atoms with Gasteiger partial charge in [0, 0.05) is 11.0 Å². The molecule has 0 aliphatic heterocycles. The zero-order valence-corrected chi connectivity index (χ0v) is 11.1. The maximum absolute atomic E-state index is 11.4. The maximum Gasteiger partial charge on any atom is 0.310 e. The molecule has 0 atom stereocenters. The first kappa shape index (κ1) is 13.7. The van der Waals surface area contributed by atoms with Gasteiger partial charge in [-0.2, -0.15) is 5.26 Å². The number of hydrogen-bond acceptors (Lipinski definition) is 4. The maximum atomic E-state index is 11.4. The molecule has 2 N–H and O–H groups in total. The van der Waals surface area contributed by atoms with Crippen LogP contribution in [0.1, 0.15) is 23.6 Å². The van der Waals surface area contributed by atoms with Crippen LogP contribution in [0.15, 0.2) is 16.6 Å². The largest absolute Gasteiger partial charge is 0.466 e. The average molecular weight is 297 g/mol. The molecule has 0 saturated carbocycles. The minimum atomic E-state index is -0.339. The molecular formula is C12H13BrN2O2. The third-order valence-electron chi connectivity index (χ3n) is 2.30. The molecule has 0 fully saturated rings. The minimum absolute atomic E-state index is 0.0943. The normalized spacial score (nSPS) is 9.76. The average Bonchev–Trinajstić information content (AvgIpc) is 2.31. The summed E-state index contributed by atoms with van der Waals surface area (Å²) in [6.07, 6.45) is 0.0943. The van der Waals surface area contributed by atoms with Crippen molar-refractivity contribution in [3.05, 3.63) is 33.3 Å². The number of nitrogens with two attached hydrogens (primary N) is 1. The summed E-state index contributed by atoms with van der Waals surface area (Å²) >= 11 is 3.33. The van der Waals surface area contributed by atoms with E-state index >= 15 is 0 Å². The Morgan fingerprint density at radius 2 is 2.29 bits per heavy atom. The fraction of sp³-hybridized carbons (Fsp3) is 0.333. The summed E-state index contributed by atoms with van der Waals surface area (Å²) in [4.78, 5) is 11.4. The van der Waals surface area contributed by atoms with Gasteiger partial charge in [-0.15, -0.1) is 0 Å². The molecule has 0 aliphatic carbocycles. The van der Waals surface area contributed by atoms with E-state index in [0.29, 0.717) is 23.3 Å². The van der Waals surface area contributed by atoms with E-state index in [1.807, 2.05) is 0 Å². The molecule has 0 amide bonds. The van der Waals surface area contributed by atoms with Crippen LogP contribution in [-0.2, 0) is 22.5 Å². The van der Waals surface area contributed by atoms with Crippen molar-refractivity contribution in [1.82, 2.24) is 0 Å². The molecule has 0 radical (unpaired) electrons. The first-order valence-corrected chi connectivity index (χ1v) is 5.99. The van der Waals surface area contributed by atoms with Crippen LogP contribution in [0.5, 0.6) is 0 Å². The highest BCUT2D eigenvalue weighted by molar-refractivity contribution is 9.10. The van der Waals surface area contributed by atoms with Gasteiger partial charge in [-0.05, 0) is 24.1 Å². The number of nitriles is 1. The summed E-state index contributed by atoms with van der Waals surface area (Å²) in [5, 5.41) is 9.12. The van der Waals surface area contributed by atoms with Gasteiger partial charge in [0.1, 0.15) is 0 Å². The number of ether oxygens (including phenoxy) is 1. The Morgan fingerprint density at radius 1 is 1.59 bits per heavy atom. The summed E-state index contributed by atoms with van der Waals surface area (Å²) in [7, 11) is 0. The van der Waals surface area contributed by atoms with Gasteiger partial charge in [-0.1, -0.05) is 22.0 Å². The third kappa shape index (κ3) is 3.29. The number of carbonyl (C=O) groups is 1. The van der Waals surface area contributed by atoms with E-state index in [-0.39, 0.29) is 18.9 Å².